The van der Waals surface area contributed by atoms with Crippen molar-refractivity contribution in [1.82, 2.24) is 9.88 Å². The van der Waals surface area contributed by atoms with Gasteiger partial charge in [0.05, 0.1) is 35.6 Å². The molecule has 6 aromatic rings. The molecule has 6 rings (SSSR count). The number of hydrogen-bond donors (Lipinski definition) is 2. The zero-order valence-electron chi connectivity index (χ0n) is 27.6. The van der Waals surface area contributed by atoms with Gasteiger partial charge in [0.25, 0.3) is 0 Å². The van der Waals surface area contributed by atoms with E-state index in [-0.39, 0.29) is 6.54 Å². The van der Waals surface area contributed by atoms with E-state index in [9.17, 15) is 13.5 Å². The van der Waals surface area contributed by atoms with Crippen molar-refractivity contribution in [3.05, 3.63) is 138 Å². The van der Waals surface area contributed by atoms with E-state index in [1.54, 1.807) is 24.3 Å². The van der Waals surface area contributed by atoms with Crippen LogP contribution in [0.25, 0.3) is 21.8 Å². The van der Waals surface area contributed by atoms with Crippen LogP contribution < -0.4 is 19.3 Å². The van der Waals surface area contributed by atoms with E-state index < -0.39 is 16.1 Å². The Morgan fingerprint density at radius 3 is 2.12 bits per heavy atom. The standard InChI is InChI=1S/C39H42N4O4S/c1-41(2)32-17-19-35-36-20-18-34(25-38(36)42(37(35)24-32)27-29-11-6-4-7-12-29)47-22-21-40-26-39(44)31-15-10-16-33(23-31)43(48(3,45)46)28-30-13-8-5-9-14-30/h4-20,23-25,39-40,44H,21-22,26-28H2,1-3H3/t39-/m0/s1. The maximum absolute atomic E-state index is 12.7. The van der Waals surface area contributed by atoms with Crippen LogP contribution in [0, 0.1) is 0 Å². The van der Waals surface area contributed by atoms with Gasteiger partial charge < -0.3 is 24.6 Å². The van der Waals surface area contributed by atoms with Gasteiger partial charge in [-0.15, -0.1) is 0 Å². The van der Waals surface area contributed by atoms with Crippen LogP contribution in [-0.2, 0) is 23.1 Å². The quantitative estimate of drug-likeness (QED) is 0.128. The lowest BCUT2D eigenvalue weighted by Gasteiger charge is -2.24. The summed E-state index contributed by atoms with van der Waals surface area (Å²) < 4.78 is 35.2. The number of nitrogens with one attached hydrogen (secondary N) is 1. The molecule has 0 radical (unpaired) electrons. The Bertz CT molecular complexity index is 2100. The second kappa shape index (κ2) is 14.5. The van der Waals surface area contributed by atoms with Crippen molar-refractivity contribution >= 4 is 43.2 Å². The predicted octanol–water partition coefficient (Wildman–Crippen LogP) is 6.58. The third-order valence-electron chi connectivity index (χ3n) is 8.52. The van der Waals surface area contributed by atoms with Crippen LogP contribution in [-0.4, -0.2) is 58.1 Å². The minimum Gasteiger partial charge on any atom is -0.492 e. The highest BCUT2D eigenvalue weighted by molar-refractivity contribution is 7.92. The number of aliphatic hydroxyl groups excluding tert-OH is 1. The van der Waals surface area contributed by atoms with Crippen molar-refractivity contribution in [3.8, 4) is 5.75 Å². The van der Waals surface area contributed by atoms with Crippen molar-refractivity contribution in [1.29, 1.82) is 0 Å². The number of benzene rings is 5. The monoisotopic (exact) mass is 662 g/mol. The maximum atomic E-state index is 12.7. The molecule has 0 amide bonds. The molecule has 0 saturated carbocycles. The number of ether oxygens (including phenoxy) is 1. The summed E-state index contributed by atoms with van der Waals surface area (Å²) in [4.78, 5) is 2.12. The number of aliphatic hydroxyl groups is 1. The number of hydrogen-bond acceptors (Lipinski definition) is 6. The van der Waals surface area contributed by atoms with Gasteiger partial charge in [-0.3, -0.25) is 4.31 Å². The summed E-state index contributed by atoms with van der Waals surface area (Å²) in [5.74, 6) is 0.779. The first kappa shape index (κ1) is 33.1. The molecule has 5 aromatic carbocycles. The number of rotatable bonds is 14. The maximum Gasteiger partial charge on any atom is 0.232 e. The predicted molar refractivity (Wildman–Crippen MR) is 197 cm³/mol. The van der Waals surface area contributed by atoms with Crippen molar-refractivity contribution in [2.24, 2.45) is 0 Å². The minimum absolute atomic E-state index is 0.213. The van der Waals surface area contributed by atoms with Crippen molar-refractivity contribution in [3.63, 3.8) is 0 Å². The molecule has 1 atom stereocenters. The number of fused-ring (bicyclic) bond motifs is 3. The van der Waals surface area contributed by atoms with Crippen molar-refractivity contribution in [2.75, 3.05) is 49.3 Å². The minimum atomic E-state index is -3.54. The molecule has 248 valence electrons. The van der Waals surface area contributed by atoms with Crippen LogP contribution in [0.5, 0.6) is 5.75 Å². The molecule has 0 spiro atoms. The van der Waals surface area contributed by atoms with Crippen molar-refractivity contribution < 1.29 is 18.3 Å². The fourth-order valence-corrected chi connectivity index (χ4v) is 6.88. The van der Waals surface area contributed by atoms with E-state index >= 15 is 0 Å². The Hall–Kier alpha value is -4.83. The highest BCUT2D eigenvalue weighted by Crippen LogP contribution is 2.34. The molecule has 0 bridgehead atoms. The molecule has 1 aromatic heterocycles. The lowest BCUT2D eigenvalue weighted by molar-refractivity contribution is 0.172. The normalized spacial score (nSPS) is 12.3. The van der Waals surface area contributed by atoms with E-state index in [1.165, 1.54) is 32.4 Å². The van der Waals surface area contributed by atoms with Gasteiger partial charge in [0.15, 0.2) is 0 Å². The van der Waals surface area contributed by atoms with Gasteiger partial charge in [-0.2, -0.15) is 0 Å². The average molecular weight is 663 g/mol. The van der Waals surface area contributed by atoms with Gasteiger partial charge in [-0.25, -0.2) is 8.42 Å². The first-order chi connectivity index (χ1) is 23.2. The summed E-state index contributed by atoms with van der Waals surface area (Å²) >= 11 is 0. The Labute approximate surface area is 282 Å². The second-order valence-corrected chi connectivity index (χ2v) is 14.2. The molecular weight excluding hydrogens is 621 g/mol. The summed E-state index contributed by atoms with van der Waals surface area (Å²) in [6.45, 7) is 2.20. The SMILES string of the molecule is CN(C)c1ccc2c3ccc(OCCNC[C@H](O)c4cccc(N(Cc5ccccc5)S(C)(=O)=O)c4)cc3n(Cc3ccccc3)c2c1. The van der Waals surface area contributed by atoms with Crippen LogP contribution in [0.2, 0.25) is 0 Å². The molecule has 1 heterocycles. The van der Waals surface area contributed by atoms with E-state index in [0.29, 0.717) is 30.9 Å². The van der Waals surface area contributed by atoms with Gasteiger partial charge >= 0.3 is 0 Å². The largest absolute Gasteiger partial charge is 0.492 e. The molecule has 9 heteroatoms. The van der Waals surface area contributed by atoms with E-state index in [4.69, 9.17) is 4.74 Å². The van der Waals surface area contributed by atoms with Crippen LogP contribution in [0.15, 0.2) is 121 Å². The smallest absolute Gasteiger partial charge is 0.232 e. The van der Waals surface area contributed by atoms with E-state index in [2.05, 4.69) is 83.5 Å². The summed E-state index contributed by atoms with van der Waals surface area (Å²) in [5.41, 5.74) is 6.70. The van der Waals surface area contributed by atoms with Crippen LogP contribution >= 0.6 is 0 Å². The Balaban J connectivity index is 1.11. The molecule has 0 aliphatic rings. The molecular formula is C39H42N4O4S. The van der Waals surface area contributed by atoms with Crippen LogP contribution in [0.4, 0.5) is 11.4 Å². The lowest BCUT2D eigenvalue weighted by Crippen LogP contribution is -2.29. The molecule has 0 aliphatic carbocycles. The van der Waals surface area contributed by atoms with Crippen LogP contribution in [0.3, 0.4) is 0 Å². The first-order valence-electron chi connectivity index (χ1n) is 16.1. The van der Waals surface area contributed by atoms with E-state index in [1.807, 2.05) is 42.5 Å². The molecule has 8 nitrogen and oxygen atoms in total. The second-order valence-electron chi connectivity index (χ2n) is 12.3. The number of nitrogens with zero attached hydrogens (tertiary/aromatic N) is 3. The Kier molecular flexibility index (Phi) is 10.0. The van der Waals surface area contributed by atoms with Crippen molar-refractivity contribution in [2.45, 2.75) is 19.2 Å². The van der Waals surface area contributed by atoms with Gasteiger partial charge in [0.2, 0.25) is 10.0 Å². The molecule has 2 N–H and O–H groups in total. The summed E-state index contributed by atoms with van der Waals surface area (Å²) in [7, 11) is 0.574. The summed E-state index contributed by atoms with van der Waals surface area (Å²) in [6, 6.07) is 39.8. The first-order valence-corrected chi connectivity index (χ1v) is 17.9. The molecule has 0 aliphatic heterocycles. The van der Waals surface area contributed by atoms with Gasteiger partial charge in [0.1, 0.15) is 12.4 Å². The number of anilines is 2. The third-order valence-corrected chi connectivity index (χ3v) is 9.66. The zero-order valence-corrected chi connectivity index (χ0v) is 28.4. The highest BCUT2D eigenvalue weighted by atomic mass is 32.2. The Morgan fingerprint density at radius 2 is 1.44 bits per heavy atom. The molecule has 0 saturated heterocycles. The van der Waals surface area contributed by atoms with Gasteiger partial charge in [-0.05, 0) is 53.1 Å². The molecule has 0 unspecified atom stereocenters. The molecule has 48 heavy (non-hydrogen) atoms. The number of aromatic nitrogens is 1. The summed E-state index contributed by atoms with van der Waals surface area (Å²) in [6.07, 6.45) is 0.377. The van der Waals surface area contributed by atoms with Gasteiger partial charge in [0, 0.05) is 56.3 Å². The topological polar surface area (TPSA) is 87.0 Å². The number of sulfonamides is 1. The third kappa shape index (κ3) is 7.65. The highest BCUT2D eigenvalue weighted by Gasteiger charge is 2.20. The average Bonchev–Trinajstić information content (AvgIpc) is 3.39. The fourth-order valence-electron chi connectivity index (χ4n) is 6.00. The van der Waals surface area contributed by atoms with Gasteiger partial charge in [-0.1, -0.05) is 78.9 Å². The summed E-state index contributed by atoms with van der Waals surface area (Å²) in [5, 5.41) is 16.6. The Morgan fingerprint density at radius 1 is 0.771 bits per heavy atom. The van der Waals surface area contributed by atoms with Crippen LogP contribution in [0.1, 0.15) is 22.8 Å². The van der Waals surface area contributed by atoms with E-state index in [0.717, 1.165) is 29.1 Å². The lowest BCUT2D eigenvalue weighted by atomic mass is 10.1. The molecule has 0 fully saturated rings. The fraction of sp³-hybridized carbons (Fsp3) is 0.231. The zero-order chi connectivity index (χ0) is 33.7.